The molecule has 2 aliphatic rings. The van der Waals surface area contributed by atoms with E-state index in [-0.39, 0.29) is 36.1 Å². The minimum atomic E-state index is -0.887. The number of imide groups is 1. The zero-order valence-electron chi connectivity index (χ0n) is 19.6. The predicted molar refractivity (Wildman–Crippen MR) is 120 cm³/mol. The Morgan fingerprint density at radius 1 is 1.06 bits per heavy atom. The van der Waals surface area contributed by atoms with E-state index in [9.17, 15) is 18.4 Å². The molecule has 0 radical (unpaired) electrons. The molecule has 182 valence electrons. The van der Waals surface area contributed by atoms with Crippen LogP contribution in [0.1, 0.15) is 36.5 Å². The molecule has 0 aromatic heterocycles. The van der Waals surface area contributed by atoms with E-state index < -0.39 is 18.1 Å². The quantitative estimate of drug-likeness (QED) is 0.508. The Kier molecular flexibility index (Phi) is 7.16. The maximum atomic E-state index is 13.7. The molecule has 0 spiro atoms. The number of ether oxygens (including phenoxy) is 3. The molecule has 8 heteroatoms. The Hall–Kier alpha value is -3.00. The molecule has 0 saturated carbocycles. The second-order valence-electron chi connectivity index (χ2n) is 9.10. The normalized spacial score (nSPS) is 24.2. The van der Waals surface area contributed by atoms with Crippen LogP contribution in [0.3, 0.4) is 0 Å². The first-order chi connectivity index (χ1) is 16.3. The van der Waals surface area contributed by atoms with Gasteiger partial charge in [0.1, 0.15) is 24.0 Å². The Balaban J connectivity index is 1.42. The molecule has 2 unspecified atom stereocenters. The van der Waals surface area contributed by atoms with Gasteiger partial charge >= 0.3 is 6.09 Å². The number of hydrogen-bond acceptors (Lipinski definition) is 5. The van der Waals surface area contributed by atoms with Crippen molar-refractivity contribution >= 4 is 12.0 Å². The summed E-state index contributed by atoms with van der Waals surface area (Å²) < 4.78 is 44.1. The highest BCUT2D eigenvalue weighted by Gasteiger charge is 2.53. The number of cyclic esters (lactones) is 1. The molecule has 2 amide bonds. The van der Waals surface area contributed by atoms with Crippen molar-refractivity contribution in [1.82, 2.24) is 4.90 Å². The molecule has 34 heavy (non-hydrogen) atoms. The first-order valence-corrected chi connectivity index (χ1v) is 11.5. The average Bonchev–Trinajstić information content (AvgIpc) is 3.20. The Labute approximate surface area is 197 Å². The second-order valence-corrected chi connectivity index (χ2v) is 9.10. The molecule has 2 heterocycles. The molecule has 2 aromatic carbocycles. The van der Waals surface area contributed by atoms with E-state index in [1.54, 1.807) is 32.0 Å². The summed E-state index contributed by atoms with van der Waals surface area (Å²) in [6.07, 6.45) is -0.228. The molecule has 4 atom stereocenters. The number of piperidine rings is 1. The average molecular weight is 474 g/mol. The number of halogens is 2. The predicted octanol–water partition coefficient (Wildman–Crippen LogP) is 4.94. The van der Waals surface area contributed by atoms with Gasteiger partial charge in [-0.3, -0.25) is 4.79 Å². The number of carbonyl (C=O) groups excluding carboxylic acids is 2. The molecular formula is C26H29F2NO5. The van der Waals surface area contributed by atoms with Crippen LogP contribution in [0, 0.1) is 37.3 Å². The van der Waals surface area contributed by atoms with E-state index in [0.717, 1.165) is 10.5 Å². The third-order valence-electron chi connectivity index (χ3n) is 6.77. The largest absolute Gasteiger partial charge is 0.480 e. The van der Waals surface area contributed by atoms with E-state index in [0.29, 0.717) is 42.9 Å². The van der Waals surface area contributed by atoms with Gasteiger partial charge in [0, 0.05) is 12.5 Å². The fourth-order valence-electron chi connectivity index (χ4n) is 4.75. The lowest BCUT2D eigenvalue weighted by Gasteiger charge is -2.42. The fourth-order valence-corrected chi connectivity index (χ4v) is 4.75. The molecule has 2 saturated heterocycles. The molecule has 0 N–H and O–H groups in total. The topological polar surface area (TPSA) is 65.1 Å². The highest BCUT2D eigenvalue weighted by molar-refractivity contribution is 5.97. The summed E-state index contributed by atoms with van der Waals surface area (Å²) in [6, 6.07) is 8.89. The number of amides is 2. The first kappa shape index (κ1) is 24.1. The summed E-state index contributed by atoms with van der Waals surface area (Å²) >= 11 is 0. The van der Waals surface area contributed by atoms with E-state index >= 15 is 0 Å². The van der Waals surface area contributed by atoms with Crippen LogP contribution in [0.2, 0.25) is 0 Å². The van der Waals surface area contributed by atoms with Crippen LogP contribution >= 0.6 is 0 Å². The molecule has 0 aliphatic carbocycles. The van der Waals surface area contributed by atoms with Crippen molar-refractivity contribution in [2.45, 2.75) is 52.4 Å². The van der Waals surface area contributed by atoms with Gasteiger partial charge in [0.2, 0.25) is 0 Å². The molecule has 6 nitrogen and oxygen atoms in total. The number of rotatable bonds is 8. The lowest BCUT2D eigenvalue weighted by Crippen LogP contribution is -2.59. The number of fused-ring (bicyclic) bond motifs is 1. The zero-order chi connectivity index (χ0) is 24.4. The van der Waals surface area contributed by atoms with Crippen LogP contribution in [-0.2, 0) is 20.9 Å². The van der Waals surface area contributed by atoms with Crippen LogP contribution < -0.4 is 4.74 Å². The van der Waals surface area contributed by atoms with Crippen molar-refractivity contribution in [1.29, 1.82) is 0 Å². The number of aryl methyl sites for hydroxylation is 2. The number of carbonyl (C=O) groups is 2. The van der Waals surface area contributed by atoms with E-state index in [1.807, 2.05) is 6.92 Å². The number of nitrogens with zero attached hydrogens (tertiary/aromatic N) is 1. The smallest absolute Gasteiger partial charge is 0.417 e. The zero-order valence-corrected chi connectivity index (χ0v) is 19.6. The Morgan fingerprint density at radius 2 is 1.76 bits per heavy atom. The third-order valence-corrected chi connectivity index (χ3v) is 6.77. The van der Waals surface area contributed by atoms with Crippen LogP contribution in [0.5, 0.6) is 5.75 Å². The summed E-state index contributed by atoms with van der Waals surface area (Å²) in [5, 5.41) is 0. The minimum Gasteiger partial charge on any atom is -0.480 e. The van der Waals surface area contributed by atoms with Crippen LogP contribution in [0.4, 0.5) is 13.6 Å². The van der Waals surface area contributed by atoms with Crippen LogP contribution in [0.15, 0.2) is 36.4 Å². The summed E-state index contributed by atoms with van der Waals surface area (Å²) in [7, 11) is 0. The summed E-state index contributed by atoms with van der Waals surface area (Å²) in [6.45, 7) is 6.33. The highest BCUT2D eigenvalue weighted by atomic mass is 19.1. The highest BCUT2D eigenvalue weighted by Crippen LogP contribution is 2.38. The van der Waals surface area contributed by atoms with Gasteiger partial charge in [0.05, 0.1) is 12.6 Å². The van der Waals surface area contributed by atoms with Crippen LogP contribution in [0.25, 0.3) is 0 Å². The molecule has 2 aromatic rings. The van der Waals surface area contributed by atoms with E-state index in [4.69, 9.17) is 14.2 Å². The van der Waals surface area contributed by atoms with Crippen molar-refractivity contribution < 1.29 is 32.6 Å². The van der Waals surface area contributed by atoms with Gasteiger partial charge in [-0.25, -0.2) is 18.5 Å². The molecule has 4 rings (SSSR count). The van der Waals surface area contributed by atoms with E-state index in [1.165, 1.54) is 18.2 Å². The fraction of sp³-hybridized carbons (Fsp3) is 0.462. The molecule has 2 fully saturated rings. The van der Waals surface area contributed by atoms with Gasteiger partial charge < -0.3 is 14.2 Å². The lowest BCUT2D eigenvalue weighted by molar-refractivity contribution is -0.148. The SMILES string of the molecule is Cc1cc(COCCCC2C(C)[C@H]3COC(=O)N3C(=O)[C@@H]2Oc2ccc(F)c(C)c2)ccc1F. The van der Waals surface area contributed by atoms with E-state index in [2.05, 4.69) is 0 Å². The second kappa shape index (κ2) is 10.1. The maximum absolute atomic E-state index is 13.7. The Bertz CT molecular complexity index is 1080. The van der Waals surface area contributed by atoms with Gasteiger partial charge in [0.25, 0.3) is 5.91 Å². The van der Waals surface area contributed by atoms with Crippen molar-refractivity contribution in [3.05, 3.63) is 64.7 Å². The molecule has 2 aliphatic heterocycles. The monoisotopic (exact) mass is 473 g/mol. The lowest BCUT2D eigenvalue weighted by atomic mass is 9.76. The van der Waals surface area contributed by atoms with Gasteiger partial charge in [-0.1, -0.05) is 19.1 Å². The van der Waals surface area contributed by atoms with Crippen molar-refractivity contribution in [2.24, 2.45) is 11.8 Å². The Morgan fingerprint density at radius 3 is 2.47 bits per heavy atom. The first-order valence-electron chi connectivity index (χ1n) is 11.5. The maximum Gasteiger partial charge on any atom is 0.417 e. The summed E-state index contributed by atoms with van der Waals surface area (Å²) in [4.78, 5) is 26.6. The van der Waals surface area contributed by atoms with Gasteiger partial charge in [-0.05, 0) is 73.6 Å². The van der Waals surface area contributed by atoms with Gasteiger partial charge in [-0.15, -0.1) is 0 Å². The standard InChI is InChI=1S/C26H29F2NO5/c1-15-11-18(6-8-21(15)27)13-32-10-4-5-20-17(3)23-14-33-26(31)29(23)25(30)24(20)34-19-7-9-22(28)16(2)12-19/h6-9,11-12,17,20,23-24H,4-5,10,13-14H2,1-3H3/t17?,20?,23-,24-/m1/s1. The van der Waals surface area contributed by atoms with Crippen molar-refractivity contribution in [2.75, 3.05) is 13.2 Å². The minimum absolute atomic E-state index is 0.0459. The van der Waals surface area contributed by atoms with Gasteiger partial charge in [-0.2, -0.15) is 0 Å². The van der Waals surface area contributed by atoms with Crippen molar-refractivity contribution in [3.63, 3.8) is 0 Å². The molecule has 0 bridgehead atoms. The summed E-state index contributed by atoms with van der Waals surface area (Å²) in [5.74, 6) is -0.876. The molecular weight excluding hydrogens is 444 g/mol. The number of hydrogen-bond donors (Lipinski definition) is 0. The number of benzene rings is 2. The van der Waals surface area contributed by atoms with Crippen LogP contribution in [-0.4, -0.2) is 42.3 Å². The summed E-state index contributed by atoms with van der Waals surface area (Å²) in [5.41, 5.74) is 1.88. The van der Waals surface area contributed by atoms with Crippen molar-refractivity contribution in [3.8, 4) is 5.75 Å². The van der Waals surface area contributed by atoms with Gasteiger partial charge in [0.15, 0.2) is 6.10 Å². The third kappa shape index (κ3) is 4.92.